The second-order valence-electron chi connectivity index (χ2n) is 5.21. The highest BCUT2D eigenvalue weighted by Gasteiger charge is 2.31. The van der Waals surface area contributed by atoms with Gasteiger partial charge < -0.3 is 9.15 Å². The van der Waals surface area contributed by atoms with E-state index in [-0.39, 0.29) is 4.90 Å². The van der Waals surface area contributed by atoms with Gasteiger partial charge in [0.2, 0.25) is 0 Å². The lowest BCUT2D eigenvalue weighted by Crippen LogP contribution is -2.23. The third kappa shape index (κ3) is 3.02. The predicted molar refractivity (Wildman–Crippen MR) is 86.0 cm³/mol. The first kappa shape index (κ1) is 15.8. The van der Waals surface area contributed by atoms with Crippen LogP contribution in [-0.4, -0.2) is 28.0 Å². The Morgan fingerprint density at radius 3 is 2.74 bits per heavy atom. The van der Waals surface area contributed by atoms with Crippen LogP contribution >= 0.6 is 0 Å². The number of furan rings is 1. The van der Waals surface area contributed by atoms with Crippen molar-refractivity contribution in [1.29, 1.82) is 0 Å². The van der Waals surface area contributed by atoms with Crippen molar-refractivity contribution in [2.75, 3.05) is 13.7 Å². The van der Waals surface area contributed by atoms with E-state index in [0.717, 1.165) is 12.2 Å². The van der Waals surface area contributed by atoms with Gasteiger partial charge in [-0.1, -0.05) is 19.1 Å². The maximum atomic E-state index is 12.1. The summed E-state index contributed by atoms with van der Waals surface area (Å²) in [6.07, 6.45) is 0.783. The fourth-order valence-corrected chi connectivity index (χ4v) is 3.73. The first-order chi connectivity index (χ1) is 11.0. The van der Waals surface area contributed by atoms with Crippen LogP contribution in [-0.2, 0) is 21.2 Å². The van der Waals surface area contributed by atoms with Crippen molar-refractivity contribution >= 4 is 15.9 Å². The van der Waals surface area contributed by atoms with E-state index in [2.05, 4.69) is 9.71 Å². The van der Waals surface area contributed by atoms with Crippen molar-refractivity contribution < 1.29 is 17.6 Å². The normalized spacial score (nSPS) is 18.6. The first-order valence-electron chi connectivity index (χ1n) is 7.32. The smallest absolute Gasteiger partial charge is 0.263 e. The average Bonchev–Trinajstić information content (AvgIpc) is 3.11. The van der Waals surface area contributed by atoms with Gasteiger partial charge in [0.15, 0.2) is 0 Å². The number of methoxy groups -OCH3 is 1. The molecule has 0 fully saturated rings. The second kappa shape index (κ2) is 6.17. The number of hydrogen-bond donors (Lipinski definition) is 1. The standard InChI is InChI=1S/C16H18N2O4S/c1-3-11-8-9-14(22-11)13(10-21-2)17-16-12-6-4-5-7-15(12)23(19,20)18-16/h4-9,13H,3,10H2,1-2H3,(H,17,18). The number of ether oxygens (including phenoxy) is 1. The Labute approximate surface area is 135 Å². The summed E-state index contributed by atoms with van der Waals surface area (Å²) in [5, 5.41) is 0. The molecule has 23 heavy (non-hydrogen) atoms. The predicted octanol–water partition coefficient (Wildman–Crippen LogP) is 2.27. The number of aliphatic imine (C=N–C) groups is 1. The maximum absolute atomic E-state index is 12.1. The highest BCUT2D eigenvalue weighted by atomic mass is 32.2. The number of nitrogens with zero attached hydrogens (tertiary/aromatic N) is 1. The number of sulfonamides is 1. The molecule has 0 radical (unpaired) electrons. The Hall–Kier alpha value is -2.12. The summed E-state index contributed by atoms with van der Waals surface area (Å²) in [5.41, 5.74) is 0.566. The summed E-state index contributed by atoms with van der Waals surface area (Å²) in [7, 11) is -1.98. The lowest BCUT2D eigenvalue weighted by atomic mass is 10.2. The van der Waals surface area contributed by atoms with E-state index < -0.39 is 16.1 Å². The zero-order valence-electron chi connectivity index (χ0n) is 12.9. The monoisotopic (exact) mass is 334 g/mol. The quantitative estimate of drug-likeness (QED) is 0.909. The van der Waals surface area contributed by atoms with Crippen LogP contribution in [0.5, 0.6) is 0 Å². The van der Waals surface area contributed by atoms with Gasteiger partial charge in [-0.25, -0.2) is 8.42 Å². The van der Waals surface area contributed by atoms with Crippen LogP contribution in [0.25, 0.3) is 0 Å². The van der Waals surface area contributed by atoms with Gasteiger partial charge in [-0.2, -0.15) is 0 Å². The lowest BCUT2D eigenvalue weighted by molar-refractivity contribution is 0.172. The summed E-state index contributed by atoms with van der Waals surface area (Å²) >= 11 is 0. The molecule has 3 rings (SSSR count). The highest BCUT2D eigenvalue weighted by Crippen LogP contribution is 2.26. The number of benzene rings is 1. The van der Waals surface area contributed by atoms with Gasteiger partial charge >= 0.3 is 0 Å². The summed E-state index contributed by atoms with van der Waals surface area (Å²) in [4.78, 5) is 4.77. The van der Waals surface area contributed by atoms with Crippen LogP contribution in [0.1, 0.15) is 30.0 Å². The Kier molecular flexibility index (Phi) is 4.23. The van der Waals surface area contributed by atoms with Crippen molar-refractivity contribution in [3.05, 3.63) is 53.5 Å². The molecule has 0 saturated heterocycles. The fourth-order valence-electron chi connectivity index (χ4n) is 2.49. The van der Waals surface area contributed by atoms with E-state index in [1.807, 2.05) is 19.1 Å². The Balaban J connectivity index is 2.01. The zero-order chi connectivity index (χ0) is 16.4. The first-order valence-corrected chi connectivity index (χ1v) is 8.81. The van der Waals surface area contributed by atoms with Gasteiger partial charge in [0.25, 0.3) is 10.0 Å². The van der Waals surface area contributed by atoms with E-state index >= 15 is 0 Å². The molecule has 0 aliphatic carbocycles. The number of hydrogen-bond acceptors (Lipinski definition) is 5. The van der Waals surface area contributed by atoms with Gasteiger partial charge in [0.05, 0.1) is 11.5 Å². The van der Waals surface area contributed by atoms with Crippen LogP contribution < -0.4 is 4.72 Å². The van der Waals surface area contributed by atoms with Crippen LogP contribution in [0, 0.1) is 0 Å². The van der Waals surface area contributed by atoms with Crippen molar-refractivity contribution in [1.82, 2.24) is 4.72 Å². The fraction of sp³-hybridized carbons (Fsp3) is 0.312. The molecule has 7 heteroatoms. The molecule has 2 heterocycles. The van der Waals surface area contributed by atoms with E-state index in [0.29, 0.717) is 23.8 Å². The van der Waals surface area contributed by atoms with Gasteiger partial charge in [-0.15, -0.1) is 0 Å². The molecule has 0 amide bonds. The molecule has 1 N–H and O–H groups in total. The second-order valence-corrected chi connectivity index (χ2v) is 6.86. The number of rotatable bonds is 5. The van der Waals surface area contributed by atoms with Crippen molar-refractivity contribution in [3.8, 4) is 0 Å². The number of nitrogens with one attached hydrogen (secondary N) is 1. The number of aryl methyl sites for hydroxylation is 1. The minimum Gasteiger partial charge on any atom is -0.464 e. The SMILES string of the molecule is CCc1ccc(C(COC)N=C2NS(=O)(=O)c3ccccc32)o1. The molecule has 1 atom stereocenters. The third-order valence-electron chi connectivity index (χ3n) is 3.63. The molecule has 1 aliphatic heterocycles. The van der Waals surface area contributed by atoms with E-state index in [9.17, 15) is 8.42 Å². The Morgan fingerprint density at radius 1 is 1.26 bits per heavy atom. The molecular weight excluding hydrogens is 316 g/mol. The average molecular weight is 334 g/mol. The topological polar surface area (TPSA) is 80.9 Å². The molecule has 1 aromatic carbocycles. The van der Waals surface area contributed by atoms with Gasteiger partial charge in [-0.05, 0) is 24.3 Å². The molecule has 1 aromatic heterocycles. The van der Waals surface area contributed by atoms with Gasteiger partial charge in [0, 0.05) is 19.1 Å². The molecule has 1 unspecified atom stereocenters. The van der Waals surface area contributed by atoms with E-state index in [4.69, 9.17) is 9.15 Å². The molecule has 0 saturated carbocycles. The van der Waals surface area contributed by atoms with Gasteiger partial charge in [-0.3, -0.25) is 9.71 Å². The molecule has 2 aromatic rings. The van der Waals surface area contributed by atoms with Crippen LogP contribution in [0.2, 0.25) is 0 Å². The van der Waals surface area contributed by atoms with Crippen LogP contribution in [0.4, 0.5) is 0 Å². The molecule has 1 aliphatic rings. The highest BCUT2D eigenvalue weighted by molar-refractivity contribution is 7.90. The van der Waals surface area contributed by atoms with Crippen LogP contribution in [0.15, 0.2) is 50.7 Å². The van der Waals surface area contributed by atoms with Crippen molar-refractivity contribution in [3.63, 3.8) is 0 Å². The van der Waals surface area contributed by atoms with E-state index in [1.54, 1.807) is 31.4 Å². The molecule has 0 bridgehead atoms. The minimum atomic E-state index is -3.55. The van der Waals surface area contributed by atoms with Crippen molar-refractivity contribution in [2.45, 2.75) is 24.3 Å². The molecule has 6 nitrogen and oxygen atoms in total. The molecule has 0 spiro atoms. The molecule has 122 valence electrons. The third-order valence-corrected chi connectivity index (χ3v) is 5.03. The summed E-state index contributed by atoms with van der Waals surface area (Å²) < 4.78 is 37.7. The summed E-state index contributed by atoms with van der Waals surface area (Å²) in [5.74, 6) is 1.82. The summed E-state index contributed by atoms with van der Waals surface area (Å²) in [6, 6.07) is 10.1. The van der Waals surface area contributed by atoms with Crippen molar-refractivity contribution in [2.24, 2.45) is 4.99 Å². The Bertz CT molecular complexity index is 839. The summed E-state index contributed by atoms with van der Waals surface area (Å²) in [6.45, 7) is 2.30. The van der Waals surface area contributed by atoms with E-state index in [1.165, 1.54) is 0 Å². The maximum Gasteiger partial charge on any atom is 0.263 e. The largest absolute Gasteiger partial charge is 0.464 e. The van der Waals surface area contributed by atoms with Crippen LogP contribution in [0.3, 0.4) is 0 Å². The lowest BCUT2D eigenvalue weighted by Gasteiger charge is -2.10. The number of amidine groups is 1. The molecular formula is C16H18N2O4S. The van der Waals surface area contributed by atoms with Gasteiger partial charge in [0.1, 0.15) is 23.4 Å². The minimum absolute atomic E-state index is 0.239. The zero-order valence-corrected chi connectivity index (χ0v) is 13.8. The Morgan fingerprint density at radius 2 is 2.04 bits per heavy atom. The number of fused-ring (bicyclic) bond motifs is 1.